The average molecular weight is 575 g/mol. The average Bonchev–Trinajstić information content (AvgIpc) is 2.94. The van der Waals surface area contributed by atoms with Gasteiger partial charge in [0.2, 0.25) is 0 Å². The van der Waals surface area contributed by atoms with Gasteiger partial charge in [-0.1, -0.05) is 99.8 Å². The minimum Gasteiger partial charge on any atom is -0.481 e. The summed E-state index contributed by atoms with van der Waals surface area (Å²) in [6.45, 7) is 14.6. The van der Waals surface area contributed by atoms with Gasteiger partial charge in [0.1, 0.15) is 5.75 Å². The number of unbranched alkanes of at least 4 members (excludes halogenated alkanes) is 1. The lowest BCUT2D eigenvalue weighted by Gasteiger charge is -2.43. The molecule has 4 nitrogen and oxygen atoms in total. The maximum Gasteiger partial charge on any atom is 0.341 e. The summed E-state index contributed by atoms with van der Waals surface area (Å²) in [7, 11) is 0. The van der Waals surface area contributed by atoms with Crippen molar-refractivity contribution in [1.82, 2.24) is 0 Å². The van der Waals surface area contributed by atoms with Crippen molar-refractivity contribution in [2.24, 2.45) is 5.92 Å². The lowest BCUT2D eigenvalue weighted by atomic mass is 9.74. The first-order chi connectivity index (χ1) is 19.6. The van der Waals surface area contributed by atoms with E-state index in [1.807, 2.05) is 18.2 Å². The fourth-order valence-corrected chi connectivity index (χ4v) is 6.23. The number of rotatable bonds is 11. The van der Waals surface area contributed by atoms with E-state index in [-0.39, 0.29) is 24.0 Å². The Hall–Kier alpha value is -3.08. The van der Waals surface area contributed by atoms with Crippen LogP contribution in [0.2, 0.25) is 5.02 Å². The zero-order valence-electron chi connectivity index (χ0n) is 25.0. The van der Waals surface area contributed by atoms with Gasteiger partial charge in [-0.05, 0) is 78.6 Å². The molecule has 1 fully saturated rings. The summed E-state index contributed by atoms with van der Waals surface area (Å²) in [5, 5.41) is 10.2. The van der Waals surface area contributed by atoms with E-state index in [1.54, 1.807) is 0 Å². The summed E-state index contributed by atoms with van der Waals surface area (Å²) in [5.74, 6) is 0.200. The molecule has 0 bridgehead atoms. The fraction of sp³-hybridized carbons (Fsp3) is 0.417. The van der Waals surface area contributed by atoms with E-state index in [4.69, 9.17) is 21.1 Å². The normalized spacial score (nSPS) is 20.7. The summed E-state index contributed by atoms with van der Waals surface area (Å²) in [6.07, 6.45) is 3.61. The van der Waals surface area contributed by atoms with Crippen molar-refractivity contribution in [3.8, 4) is 16.9 Å². The van der Waals surface area contributed by atoms with E-state index >= 15 is 0 Å². The van der Waals surface area contributed by atoms with Gasteiger partial charge < -0.3 is 14.6 Å². The van der Waals surface area contributed by atoms with Crippen molar-refractivity contribution >= 4 is 17.6 Å². The molecular formula is C36H43ClO4. The van der Waals surface area contributed by atoms with Crippen LogP contribution in [0.15, 0.2) is 72.8 Å². The molecule has 4 atom stereocenters. The second-order valence-electron chi connectivity index (χ2n) is 11.8. The number of hydrogen-bond donors (Lipinski definition) is 1. The Bertz CT molecular complexity index is 1360. The monoisotopic (exact) mass is 574 g/mol. The van der Waals surface area contributed by atoms with E-state index in [2.05, 4.69) is 83.7 Å². The standard InChI is InChI=1S/C36H43ClO4/c1-7-8-12-32-31(27-10-9-11-29(37)18-27)20-30(23(4)5)36(41-32)35-24(6)17-28(19-33(35)40-21-34(38)39)26-15-13-25(14-16-26)22(2)3/h9-11,13-19,22,30-32,36H,4,7-8,12,20-21H2,1-3,5-6H3,(H,38,39)/t30-,31-,32+,36+/m0/s1. The first-order valence-corrected chi connectivity index (χ1v) is 15.1. The zero-order chi connectivity index (χ0) is 29.7. The first-order valence-electron chi connectivity index (χ1n) is 14.7. The molecule has 218 valence electrons. The molecule has 0 aliphatic carbocycles. The number of carboxylic acids is 1. The molecule has 0 radical (unpaired) electrons. The van der Waals surface area contributed by atoms with Crippen LogP contribution in [0.3, 0.4) is 0 Å². The maximum absolute atomic E-state index is 11.6. The van der Waals surface area contributed by atoms with Crippen molar-refractivity contribution in [3.05, 3.63) is 100 Å². The number of aliphatic carboxylic acids is 1. The molecule has 0 amide bonds. The molecule has 0 aromatic heterocycles. The Morgan fingerprint density at radius 3 is 2.46 bits per heavy atom. The topological polar surface area (TPSA) is 55.8 Å². The van der Waals surface area contributed by atoms with Crippen LogP contribution in [0.5, 0.6) is 5.75 Å². The molecule has 3 aromatic rings. The smallest absolute Gasteiger partial charge is 0.341 e. The van der Waals surface area contributed by atoms with Gasteiger partial charge in [-0.3, -0.25) is 0 Å². The second-order valence-corrected chi connectivity index (χ2v) is 12.2. The number of benzene rings is 3. The number of carbonyl (C=O) groups is 1. The van der Waals surface area contributed by atoms with E-state index < -0.39 is 12.6 Å². The van der Waals surface area contributed by atoms with Crippen LogP contribution in [-0.2, 0) is 9.53 Å². The van der Waals surface area contributed by atoms with Crippen LogP contribution in [-0.4, -0.2) is 23.8 Å². The number of halogens is 1. The third kappa shape index (κ3) is 7.42. The molecule has 0 spiro atoms. The van der Waals surface area contributed by atoms with Crippen LogP contribution in [0.1, 0.15) is 93.6 Å². The molecular weight excluding hydrogens is 532 g/mol. The highest BCUT2D eigenvalue weighted by Gasteiger charge is 2.41. The Morgan fingerprint density at radius 2 is 1.85 bits per heavy atom. The minimum atomic E-state index is -1.01. The summed E-state index contributed by atoms with van der Waals surface area (Å²) in [6, 6.07) is 20.8. The molecule has 1 saturated heterocycles. The molecule has 5 heteroatoms. The van der Waals surface area contributed by atoms with Gasteiger partial charge in [0.05, 0.1) is 12.2 Å². The lowest BCUT2D eigenvalue weighted by molar-refractivity contribution is -0.139. The molecule has 1 N–H and O–H groups in total. The van der Waals surface area contributed by atoms with E-state index in [0.29, 0.717) is 11.7 Å². The van der Waals surface area contributed by atoms with Gasteiger partial charge in [0.15, 0.2) is 6.61 Å². The molecule has 1 aliphatic rings. The van der Waals surface area contributed by atoms with Gasteiger partial charge in [0, 0.05) is 22.4 Å². The van der Waals surface area contributed by atoms with Crippen molar-refractivity contribution in [3.63, 3.8) is 0 Å². The van der Waals surface area contributed by atoms with Crippen LogP contribution in [0, 0.1) is 12.8 Å². The fourth-order valence-electron chi connectivity index (χ4n) is 6.03. The minimum absolute atomic E-state index is 0.0102. The van der Waals surface area contributed by atoms with Crippen molar-refractivity contribution in [2.75, 3.05) is 6.61 Å². The third-order valence-corrected chi connectivity index (χ3v) is 8.53. The van der Waals surface area contributed by atoms with E-state index in [9.17, 15) is 9.90 Å². The quantitative estimate of drug-likeness (QED) is 0.231. The van der Waals surface area contributed by atoms with Gasteiger partial charge in [0.25, 0.3) is 0 Å². The summed E-state index contributed by atoms with van der Waals surface area (Å²) in [4.78, 5) is 11.6. The highest BCUT2D eigenvalue weighted by Crippen LogP contribution is 2.50. The Kier molecular flexibility index (Phi) is 10.3. The number of carboxylic acid groups (broad SMARTS) is 1. The van der Waals surface area contributed by atoms with Crippen molar-refractivity contribution in [2.45, 2.75) is 84.3 Å². The van der Waals surface area contributed by atoms with E-state index in [0.717, 1.165) is 58.5 Å². The molecule has 0 unspecified atom stereocenters. The van der Waals surface area contributed by atoms with Crippen LogP contribution < -0.4 is 4.74 Å². The predicted molar refractivity (Wildman–Crippen MR) is 168 cm³/mol. The Morgan fingerprint density at radius 1 is 1.12 bits per heavy atom. The maximum atomic E-state index is 11.6. The van der Waals surface area contributed by atoms with Crippen LogP contribution >= 0.6 is 11.6 Å². The Labute approximate surface area is 250 Å². The first kappa shape index (κ1) is 30.9. The molecule has 3 aromatic carbocycles. The molecule has 1 heterocycles. The SMILES string of the molecule is C=C(C)[C@@H]1C[C@@H](c2cccc(Cl)c2)[C@@H](CCCC)O[C@H]1c1c(C)cc(-c2ccc(C(C)C)cc2)cc1OCC(=O)O. The summed E-state index contributed by atoms with van der Waals surface area (Å²) >= 11 is 6.41. The van der Waals surface area contributed by atoms with Gasteiger partial charge >= 0.3 is 5.97 Å². The van der Waals surface area contributed by atoms with Crippen LogP contribution in [0.25, 0.3) is 11.1 Å². The van der Waals surface area contributed by atoms with Gasteiger partial charge in [-0.25, -0.2) is 4.79 Å². The number of ether oxygens (including phenoxy) is 2. The summed E-state index contributed by atoms with van der Waals surface area (Å²) in [5.41, 5.74) is 7.47. The number of hydrogen-bond acceptors (Lipinski definition) is 3. The van der Waals surface area contributed by atoms with E-state index in [1.165, 1.54) is 11.1 Å². The molecule has 0 saturated carbocycles. The molecule has 41 heavy (non-hydrogen) atoms. The highest BCUT2D eigenvalue weighted by atomic mass is 35.5. The largest absolute Gasteiger partial charge is 0.481 e. The Balaban J connectivity index is 1.79. The second kappa shape index (κ2) is 13.7. The van der Waals surface area contributed by atoms with Crippen molar-refractivity contribution in [1.29, 1.82) is 0 Å². The number of aryl methyl sites for hydroxylation is 1. The third-order valence-electron chi connectivity index (χ3n) is 8.29. The van der Waals surface area contributed by atoms with Crippen molar-refractivity contribution < 1.29 is 19.4 Å². The molecule has 4 rings (SSSR count). The molecule has 1 aliphatic heterocycles. The van der Waals surface area contributed by atoms with Gasteiger partial charge in [-0.2, -0.15) is 0 Å². The van der Waals surface area contributed by atoms with Gasteiger partial charge in [-0.15, -0.1) is 0 Å². The predicted octanol–water partition coefficient (Wildman–Crippen LogP) is 9.90. The van der Waals surface area contributed by atoms with Crippen LogP contribution in [0.4, 0.5) is 0 Å². The highest BCUT2D eigenvalue weighted by molar-refractivity contribution is 6.30. The zero-order valence-corrected chi connectivity index (χ0v) is 25.7. The summed E-state index contributed by atoms with van der Waals surface area (Å²) < 4.78 is 13.0. The lowest BCUT2D eigenvalue weighted by Crippen LogP contribution is -2.36.